The molecule has 0 aliphatic carbocycles. The molecule has 0 unspecified atom stereocenters. The molecule has 6 aromatic carbocycles. The molecule has 0 aliphatic rings. The molecule has 0 aliphatic heterocycles. The predicted octanol–water partition coefficient (Wildman–Crippen LogP) is 10.7. The highest BCUT2D eigenvalue weighted by molar-refractivity contribution is 6.00. The van der Waals surface area contributed by atoms with Crippen molar-refractivity contribution in [2.75, 3.05) is 0 Å². The van der Waals surface area contributed by atoms with E-state index in [4.69, 9.17) is 9.97 Å². The number of para-hydroxylation sites is 1. The van der Waals surface area contributed by atoms with Crippen molar-refractivity contribution in [3.8, 4) is 33.5 Å². The molecule has 42 heavy (non-hydrogen) atoms. The van der Waals surface area contributed by atoms with E-state index in [1.807, 2.05) is 12.3 Å². The van der Waals surface area contributed by atoms with Crippen LogP contribution in [0.3, 0.4) is 0 Å². The van der Waals surface area contributed by atoms with E-state index in [9.17, 15) is 0 Å². The van der Waals surface area contributed by atoms with E-state index < -0.39 is 0 Å². The molecule has 0 radical (unpaired) electrons. The molecule has 0 spiro atoms. The van der Waals surface area contributed by atoms with Crippen molar-refractivity contribution in [3.63, 3.8) is 0 Å². The smallest absolute Gasteiger partial charge is 0.0780 e. The lowest BCUT2D eigenvalue weighted by molar-refractivity contribution is 1.16. The Morgan fingerprint density at radius 2 is 1.21 bits per heavy atom. The first-order valence-corrected chi connectivity index (χ1v) is 14.6. The number of aryl methyl sites for hydroxylation is 1. The maximum atomic E-state index is 5.11. The number of rotatable bonds is 4. The van der Waals surface area contributed by atoms with E-state index in [1.165, 1.54) is 49.4 Å². The maximum absolute atomic E-state index is 5.11. The fourth-order valence-electron chi connectivity index (χ4n) is 6.32. The van der Waals surface area contributed by atoms with Crippen LogP contribution in [0, 0.1) is 0 Å². The predicted molar refractivity (Wildman–Crippen MR) is 178 cm³/mol. The van der Waals surface area contributed by atoms with E-state index in [0.717, 1.165) is 39.5 Å². The summed E-state index contributed by atoms with van der Waals surface area (Å²) < 4.78 is 0. The van der Waals surface area contributed by atoms with Gasteiger partial charge in [0.05, 0.1) is 16.7 Å². The second-order valence-electron chi connectivity index (χ2n) is 10.9. The van der Waals surface area contributed by atoms with Crippen molar-refractivity contribution in [1.82, 2.24) is 9.97 Å². The minimum atomic E-state index is 0.938. The summed E-state index contributed by atoms with van der Waals surface area (Å²) in [6.45, 7) is 2.25. The van der Waals surface area contributed by atoms with Gasteiger partial charge in [0.25, 0.3) is 0 Å². The second kappa shape index (κ2) is 9.94. The van der Waals surface area contributed by atoms with Crippen molar-refractivity contribution in [2.24, 2.45) is 0 Å². The summed E-state index contributed by atoms with van der Waals surface area (Å²) in [5, 5.41) is 7.32. The molecule has 0 saturated carbocycles. The van der Waals surface area contributed by atoms with Gasteiger partial charge in [0.2, 0.25) is 0 Å². The highest BCUT2D eigenvalue weighted by atomic mass is 14.7. The molecular weight excluding hydrogens is 508 g/mol. The topological polar surface area (TPSA) is 25.8 Å². The van der Waals surface area contributed by atoms with Gasteiger partial charge in [-0.15, -0.1) is 0 Å². The van der Waals surface area contributed by atoms with Crippen LogP contribution in [0.1, 0.15) is 12.5 Å². The van der Waals surface area contributed by atoms with Crippen LogP contribution in [0.25, 0.3) is 76.9 Å². The minimum Gasteiger partial charge on any atom is -0.256 e. The largest absolute Gasteiger partial charge is 0.256 e. The Morgan fingerprint density at radius 3 is 2.12 bits per heavy atom. The summed E-state index contributed by atoms with van der Waals surface area (Å²) in [7, 11) is 0. The van der Waals surface area contributed by atoms with Crippen LogP contribution in [-0.2, 0) is 6.42 Å². The third-order valence-corrected chi connectivity index (χ3v) is 8.48. The van der Waals surface area contributed by atoms with Gasteiger partial charge in [0, 0.05) is 28.1 Å². The Kier molecular flexibility index (Phi) is 5.79. The lowest BCUT2D eigenvalue weighted by Crippen LogP contribution is -1.93. The maximum Gasteiger partial charge on any atom is 0.0780 e. The number of aromatic nitrogens is 2. The van der Waals surface area contributed by atoms with Crippen LogP contribution in [0.15, 0.2) is 140 Å². The first-order chi connectivity index (χ1) is 20.7. The molecule has 0 fully saturated rings. The quantitative estimate of drug-likeness (QED) is 0.224. The van der Waals surface area contributed by atoms with Gasteiger partial charge in [-0.1, -0.05) is 110 Å². The van der Waals surface area contributed by atoms with Gasteiger partial charge < -0.3 is 0 Å². The van der Waals surface area contributed by atoms with Gasteiger partial charge in [-0.2, -0.15) is 0 Å². The third kappa shape index (κ3) is 4.12. The molecular formula is C40H28N2. The van der Waals surface area contributed by atoms with Crippen LogP contribution in [0.2, 0.25) is 0 Å². The van der Waals surface area contributed by atoms with E-state index in [0.29, 0.717) is 0 Å². The number of benzene rings is 6. The van der Waals surface area contributed by atoms with Crippen molar-refractivity contribution in [2.45, 2.75) is 13.3 Å². The number of hydrogen-bond donors (Lipinski definition) is 0. The summed E-state index contributed by atoms with van der Waals surface area (Å²) in [5.74, 6) is 0. The van der Waals surface area contributed by atoms with Crippen LogP contribution >= 0.6 is 0 Å². The van der Waals surface area contributed by atoms with Gasteiger partial charge in [-0.05, 0) is 80.6 Å². The Morgan fingerprint density at radius 1 is 0.500 bits per heavy atom. The Hall–Kier alpha value is -5.34. The van der Waals surface area contributed by atoms with E-state index in [-0.39, 0.29) is 0 Å². The molecule has 2 heteroatoms. The lowest BCUT2D eigenvalue weighted by Gasteiger charge is -2.15. The highest BCUT2D eigenvalue weighted by Crippen LogP contribution is 2.36. The van der Waals surface area contributed by atoms with Crippen molar-refractivity contribution < 1.29 is 0 Å². The third-order valence-electron chi connectivity index (χ3n) is 8.48. The zero-order valence-electron chi connectivity index (χ0n) is 23.4. The summed E-state index contributed by atoms with van der Waals surface area (Å²) in [6.07, 6.45) is 2.82. The van der Waals surface area contributed by atoms with Gasteiger partial charge in [0.15, 0.2) is 0 Å². The molecule has 2 heterocycles. The van der Waals surface area contributed by atoms with Crippen LogP contribution in [-0.4, -0.2) is 9.97 Å². The van der Waals surface area contributed by atoms with Crippen LogP contribution in [0.4, 0.5) is 0 Å². The number of pyridine rings is 2. The summed E-state index contributed by atoms with van der Waals surface area (Å²) in [5.41, 5.74) is 10.3. The molecule has 2 aromatic heterocycles. The molecule has 0 saturated heterocycles. The van der Waals surface area contributed by atoms with Gasteiger partial charge in [-0.25, -0.2) is 4.98 Å². The Labute approximate surface area is 244 Å². The van der Waals surface area contributed by atoms with Crippen molar-refractivity contribution in [1.29, 1.82) is 0 Å². The molecule has 0 atom stereocenters. The standard InChI is InChI=1S/C40H28N2/c1-2-34-35(36-11-5-9-29-10-6-22-41-40(29)36)20-18-27-13-15-31(24-37(27)34)32-16-14-28-19-21-38(42-39(28)25-32)33-17-12-26-7-3-4-8-30(26)23-33/h3-25H,2H2,1H3. The number of fused-ring (bicyclic) bond motifs is 4. The van der Waals surface area contributed by atoms with Crippen molar-refractivity contribution >= 4 is 43.4 Å². The van der Waals surface area contributed by atoms with Crippen LogP contribution < -0.4 is 0 Å². The number of hydrogen-bond acceptors (Lipinski definition) is 2. The normalized spacial score (nSPS) is 11.5. The lowest BCUT2D eigenvalue weighted by atomic mass is 9.90. The highest BCUT2D eigenvalue weighted by Gasteiger charge is 2.13. The van der Waals surface area contributed by atoms with Gasteiger partial charge >= 0.3 is 0 Å². The molecule has 2 nitrogen and oxygen atoms in total. The monoisotopic (exact) mass is 536 g/mol. The first kappa shape index (κ1) is 24.5. The minimum absolute atomic E-state index is 0.938. The molecule has 8 rings (SSSR count). The molecule has 0 N–H and O–H groups in total. The van der Waals surface area contributed by atoms with E-state index in [2.05, 4.69) is 134 Å². The Bertz CT molecular complexity index is 2290. The zero-order valence-corrected chi connectivity index (χ0v) is 23.4. The average Bonchev–Trinajstić information content (AvgIpc) is 3.06. The first-order valence-electron chi connectivity index (χ1n) is 14.6. The van der Waals surface area contributed by atoms with E-state index in [1.54, 1.807) is 0 Å². The van der Waals surface area contributed by atoms with Crippen molar-refractivity contribution in [3.05, 3.63) is 145 Å². The fourth-order valence-corrected chi connectivity index (χ4v) is 6.32. The van der Waals surface area contributed by atoms with Gasteiger partial charge in [0.1, 0.15) is 0 Å². The number of nitrogens with zero attached hydrogens (tertiary/aromatic N) is 2. The molecule has 0 bridgehead atoms. The fraction of sp³-hybridized carbons (Fsp3) is 0.0500. The van der Waals surface area contributed by atoms with E-state index >= 15 is 0 Å². The second-order valence-corrected chi connectivity index (χ2v) is 10.9. The molecule has 0 amide bonds. The van der Waals surface area contributed by atoms with Gasteiger partial charge in [-0.3, -0.25) is 4.98 Å². The average molecular weight is 537 g/mol. The molecule has 198 valence electrons. The summed E-state index contributed by atoms with van der Waals surface area (Å²) >= 11 is 0. The SMILES string of the molecule is CCc1c(-c2cccc3cccnc23)ccc2ccc(-c3ccc4ccc(-c5ccc6ccccc6c5)nc4c3)cc12. The Balaban J connectivity index is 1.24. The molecule has 8 aromatic rings. The summed E-state index contributed by atoms with van der Waals surface area (Å²) in [4.78, 5) is 9.85. The van der Waals surface area contributed by atoms with Crippen LogP contribution in [0.5, 0.6) is 0 Å². The summed E-state index contributed by atoms with van der Waals surface area (Å²) in [6, 6.07) is 47.9. The zero-order chi connectivity index (χ0) is 28.0.